The number of nitrogens with zero attached hydrogens (tertiary/aromatic N) is 2. The lowest BCUT2D eigenvalue weighted by molar-refractivity contribution is 0.329. The maximum absolute atomic E-state index is 13.2. The number of phenolic OH excluding ortho intramolecular Hbond substituents is 1. The van der Waals surface area contributed by atoms with Crippen LogP contribution in [0.2, 0.25) is 0 Å². The van der Waals surface area contributed by atoms with Gasteiger partial charge in [0.1, 0.15) is 23.1 Å². The molecule has 0 unspecified atom stereocenters. The van der Waals surface area contributed by atoms with Crippen molar-refractivity contribution in [3.63, 3.8) is 0 Å². The second-order valence-corrected chi connectivity index (χ2v) is 7.13. The standard InChI is InChI=1S/C18H15FN2O4S/c19-14-6-11-18(20-12-14)21(13-25-16-9-7-15(22)8-10-16)26(23,24)17-4-2-1-3-5-17/h1-12,22H,13H2. The van der Waals surface area contributed by atoms with Gasteiger partial charge in [0.15, 0.2) is 6.73 Å². The van der Waals surface area contributed by atoms with E-state index in [0.29, 0.717) is 5.75 Å². The molecule has 0 aliphatic heterocycles. The highest BCUT2D eigenvalue weighted by Crippen LogP contribution is 2.23. The Morgan fingerprint density at radius 3 is 2.31 bits per heavy atom. The molecule has 0 bridgehead atoms. The minimum absolute atomic E-state index is 0.0223. The monoisotopic (exact) mass is 374 g/mol. The first-order valence-corrected chi connectivity index (χ1v) is 9.02. The third-order valence-electron chi connectivity index (χ3n) is 3.48. The largest absolute Gasteiger partial charge is 0.508 e. The van der Waals surface area contributed by atoms with Crippen LogP contribution in [0.5, 0.6) is 11.5 Å². The van der Waals surface area contributed by atoms with Gasteiger partial charge in [0.2, 0.25) is 0 Å². The Labute approximate surface area is 150 Å². The molecule has 1 aromatic heterocycles. The van der Waals surface area contributed by atoms with Crippen molar-refractivity contribution >= 4 is 15.8 Å². The first-order chi connectivity index (χ1) is 12.5. The fraction of sp³-hybridized carbons (Fsp3) is 0.0556. The molecule has 26 heavy (non-hydrogen) atoms. The number of aromatic hydroxyl groups is 1. The molecular formula is C18H15FN2O4S. The Hall–Kier alpha value is -3.13. The number of halogens is 1. The second-order valence-electron chi connectivity index (χ2n) is 5.27. The van der Waals surface area contributed by atoms with Gasteiger partial charge in [-0.2, -0.15) is 0 Å². The number of sulfonamides is 1. The minimum atomic E-state index is -3.97. The van der Waals surface area contributed by atoms with E-state index in [9.17, 15) is 17.9 Å². The molecule has 0 saturated carbocycles. The van der Waals surface area contributed by atoms with Gasteiger partial charge in [0.25, 0.3) is 10.0 Å². The zero-order valence-corrected chi connectivity index (χ0v) is 14.3. The molecule has 0 radical (unpaired) electrons. The Morgan fingerprint density at radius 1 is 1.00 bits per heavy atom. The van der Waals surface area contributed by atoms with Crippen molar-refractivity contribution in [3.8, 4) is 11.5 Å². The molecule has 0 spiro atoms. The molecule has 3 rings (SSSR count). The van der Waals surface area contributed by atoms with Gasteiger partial charge in [-0.25, -0.2) is 22.1 Å². The van der Waals surface area contributed by atoms with Crippen molar-refractivity contribution in [2.24, 2.45) is 0 Å². The maximum atomic E-state index is 13.2. The fourth-order valence-electron chi connectivity index (χ4n) is 2.17. The summed E-state index contributed by atoms with van der Waals surface area (Å²) in [6.45, 7) is -0.374. The number of rotatable bonds is 6. The highest BCUT2D eigenvalue weighted by molar-refractivity contribution is 7.92. The molecule has 0 saturated heterocycles. The van der Waals surface area contributed by atoms with Crippen LogP contribution in [0.4, 0.5) is 10.2 Å². The van der Waals surface area contributed by atoms with Crippen molar-refractivity contribution < 1.29 is 22.7 Å². The average Bonchev–Trinajstić information content (AvgIpc) is 2.65. The van der Waals surface area contributed by atoms with E-state index in [1.54, 1.807) is 18.2 Å². The van der Waals surface area contributed by atoms with E-state index in [1.165, 1.54) is 42.5 Å². The minimum Gasteiger partial charge on any atom is -0.508 e. The molecule has 0 fully saturated rings. The summed E-state index contributed by atoms with van der Waals surface area (Å²) < 4.78 is 45.6. The van der Waals surface area contributed by atoms with Gasteiger partial charge in [0, 0.05) is 0 Å². The second kappa shape index (κ2) is 7.40. The molecule has 3 aromatic rings. The van der Waals surface area contributed by atoms with E-state index >= 15 is 0 Å². The number of phenols is 1. The summed E-state index contributed by atoms with van der Waals surface area (Å²) in [5.41, 5.74) is 0. The van der Waals surface area contributed by atoms with Crippen molar-refractivity contribution in [3.05, 3.63) is 78.7 Å². The van der Waals surface area contributed by atoms with Gasteiger partial charge in [-0.15, -0.1) is 0 Å². The Bertz CT molecular complexity index is 962. The molecule has 0 aliphatic carbocycles. The Morgan fingerprint density at radius 2 is 1.69 bits per heavy atom. The lowest BCUT2D eigenvalue weighted by Crippen LogP contribution is -2.35. The van der Waals surface area contributed by atoms with Crippen LogP contribution in [-0.2, 0) is 10.0 Å². The van der Waals surface area contributed by atoms with Crippen LogP contribution < -0.4 is 9.04 Å². The van der Waals surface area contributed by atoms with Gasteiger partial charge in [-0.05, 0) is 48.5 Å². The Kier molecular flexibility index (Phi) is 5.04. The number of aromatic nitrogens is 1. The zero-order chi connectivity index (χ0) is 18.6. The van der Waals surface area contributed by atoms with Crippen molar-refractivity contribution in [2.45, 2.75) is 4.90 Å². The number of hydrogen-bond donors (Lipinski definition) is 1. The molecule has 0 atom stereocenters. The van der Waals surface area contributed by atoms with Crippen molar-refractivity contribution in [1.82, 2.24) is 4.98 Å². The van der Waals surface area contributed by atoms with Crippen LogP contribution in [-0.4, -0.2) is 25.2 Å². The molecule has 1 N–H and O–H groups in total. The van der Waals surface area contributed by atoms with Crippen molar-refractivity contribution in [1.29, 1.82) is 0 Å². The summed E-state index contributed by atoms with van der Waals surface area (Å²) in [5.74, 6) is -0.135. The van der Waals surface area contributed by atoms with Gasteiger partial charge in [-0.3, -0.25) is 0 Å². The summed E-state index contributed by atoms with van der Waals surface area (Å²) in [6.07, 6.45) is 0.934. The molecule has 0 amide bonds. The lowest BCUT2D eigenvalue weighted by atomic mass is 10.3. The van der Waals surface area contributed by atoms with E-state index in [0.717, 1.165) is 16.6 Å². The van der Waals surface area contributed by atoms with Crippen molar-refractivity contribution in [2.75, 3.05) is 11.0 Å². The van der Waals surface area contributed by atoms with Gasteiger partial charge in [-0.1, -0.05) is 18.2 Å². The molecule has 0 aliphatic rings. The van der Waals surface area contributed by atoms with E-state index in [-0.39, 0.29) is 23.2 Å². The van der Waals surface area contributed by atoms with E-state index in [4.69, 9.17) is 4.74 Å². The third kappa shape index (κ3) is 3.92. The molecule has 6 nitrogen and oxygen atoms in total. The summed E-state index contributed by atoms with van der Waals surface area (Å²) in [4.78, 5) is 3.90. The van der Waals surface area contributed by atoms with Gasteiger partial charge < -0.3 is 9.84 Å². The number of ether oxygens (including phenoxy) is 1. The van der Waals surface area contributed by atoms with Crippen LogP contribution in [0.15, 0.2) is 77.8 Å². The van der Waals surface area contributed by atoms with Crippen LogP contribution >= 0.6 is 0 Å². The molecule has 8 heteroatoms. The summed E-state index contributed by atoms with van der Waals surface area (Å²) in [6, 6.07) is 16.0. The quantitative estimate of drug-likeness (QED) is 0.671. The summed E-state index contributed by atoms with van der Waals surface area (Å²) in [7, 11) is -3.97. The molecule has 2 aromatic carbocycles. The van der Waals surface area contributed by atoms with E-state index < -0.39 is 15.8 Å². The number of hydrogen-bond acceptors (Lipinski definition) is 5. The first kappa shape index (κ1) is 17.7. The summed E-state index contributed by atoms with van der Waals surface area (Å²) in [5, 5.41) is 9.31. The molecule has 134 valence electrons. The molecular weight excluding hydrogens is 359 g/mol. The number of anilines is 1. The van der Waals surface area contributed by atoms with Crippen LogP contribution in [0.25, 0.3) is 0 Å². The average molecular weight is 374 g/mol. The van der Waals surface area contributed by atoms with E-state index in [2.05, 4.69) is 4.98 Å². The van der Waals surface area contributed by atoms with Gasteiger partial charge >= 0.3 is 0 Å². The number of pyridine rings is 1. The predicted octanol–water partition coefficient (Wildman–Crippen LogP) is 3.16. The molecule has 1 heterocycles. The Balaban J connectivity index is 1.94. The zero-order valence-electron chi connectivity index (χ0n) is 13.5. The highest BCUT2D eigenvalue weighted by atomic mass is 32.2. The predicted molar refractivity (Wildman–Crippen MR) is 93.9 cm³/mol. The van der Waals surface area contributed by atoms with E-state index in [1.807, 2.05) is 0 Å². The first-order valence-electron chi connectivity index (χ1n) is 7.58. The number of benzene rings is 2. The maximum Gasteiger partial charge on any atom is 0.268 e. The van der Waals surface area contributed by atoms with Crippen LogP contribution in [0.3, 0.4) is 0 Å². The third-order valence-corrected chi connectivity index (χ3v) is 5.22. The summed E-state index contributed by atoms with van der Waals surface area (Å²) >= 11 is 0. The SMILES string of the molecule is O=S(=O)(c1ccccc1)N(COc1ccc(O)cc1)c1ccc(F)cn1. The van der Waals surface area contributed by atoms with Crippen LogP contribution in [0, 0.1) is 5.82 Å². The smallest absolute Gasteiger partial charge is 0.268 e. The van der Waals surface area contributed by atoms with Crippen LogP contribution in [0.1, 0.15) is 0 Å². The fourth-order valence-corrected chi connectivity index (χ4v) is 3.47. The highest BCUT2D eigenvalue weighted by Gasteiger charge is 2.26. The topological polar surface area (TPSA) is 79.7 Å². The normalized spacial score (nSPS) is 11.1. The van der Waals surface area contributed by atoms with Gasteiger partial charge in [0.05, 0.1) is 11.1 Å². The lowest BCUT2D eigenvalue weighted by Gasteiger charge is -2.23.